The van der Waals surface area contributed by atoms with E-state index in [0.717, 1.165) is 40.6 Å². The second-order valence-corrected chi connectivity index (χ2v) is 8.43. The average Bonchev–Trinajstić information content (AvgIpc) is 2.84. The highest BCUT2D eigenvalue weighted by molar-refractivity contribution is 6.04. The average molecular weight is 476 g/mol. The maximum Gasteiger partial charge on any atom is 0.247 e. The summed E-state index contributed by atoms with van der Waals surface area (Å²) in [4.78, 5) is 25.1. The van der Waals surface area contributed by atoms with Crippen LogP contribution in [0.5, 0.6) is 5.75 Å². The summed E-state index contributed by atoms with van der Waals surface area (Å²) in [5.41, 5.74) is 3.93. The number of aromatic nitrogens is 1. The largest absolute Gasteiger partial charge is 0.494 e. The highest BCUT2D eigenvalue weighted by atomic mass is 16.5. The van der Waals surface area contributed by atoms with Crippen molar-refractivity contribution in [1.29, 1.82) is 0 Å². The number of nitrogens with zero attached hydrogens (tertiary/aromatic N) is 4. The van der Waals surface area contributed by atoms with E-state index in [0.29, 0.717) is 23.1 Å². The lowest BCUT2D eigenvalue weighted by Gasteiger charge is -2.26. The monoisotopic (exact) mass is 475 g/mol. The first kappa shape index (κ1) is 25.5. The Bertz CT molecular complexity index is 1280. The molecule has 9 nitrogen and oxygen atoms in total. The molecule has 35 heavy (non-hydrogen) atoms. The lowest BCUT2D eigenvalue weighted by Crippen LogP contribution is -2.34. The lowest BCUT2D eigenvalue weighted by atomic mass is 10.2. The Morgan fingerprint density at radius 3 is 2.63 bits per heavy atom. The quantitative estimate of drug-likeness (QED) is 0.500. The zero-order valence-electron chi connectivity index (χ0n) is 21.0. The maximum atomic E-state index is 12.2. The fraction of sp³-hybridized carbons (Fsp3) is 0.269. The van der Waals surface area contributed by atoms with E-state index in [1.165, 1.54) is 6.08 Å². The number of amides is 1. The minimum Gasteiger partial charge on any atom is -0.494 e. The van der Waals surface area contributed by atoms with Crippen molar-refractivity contribution in [1.82, 2.24) is 15.2 Å². The summed E-state index contributed by atoms with van der Waals surface area (Å²) >= 11 is 0. The fourth-order valence-corrected chi connectivity index (χ4v) is 3.40. The third-order valence-electron chi connectivity index (χ3n) is 5.50. The van der Waals surface area contributed by atoms with Crippen LogP contribution in [0.1, 0.15) is 5.56 Å². The Kier molecular flexibility index (Phi) is 8.27. The van der Waals surface area contributed by atoms with Crippen LogP contribution < -0.4 is 36.2 Å². The maximum absolute atomic E-state index is 12.2. The number of carbonyl (C=O) groups excluding carboxylic acids is 1. The highest BCUT2D eigenvalue weighted by Gasteiger charge is 2.17. The number of likely N-dealkylation sites (N-methyl/N-ethyl adjacent to an activating group) is 2. The van der Waals surface area contributed by atoms with E-state index < -0.39 is 0 Å². The van der Waals surface area contributed by atoms with Crippen molar-refractivity contribution in [3.63, 3.8) is 0 Å². The second-order valence-electron chi connectivity index (χ2n) is 8.43. The van der Waals surface area contributed by atoms with Crippen LogP contribution in [-0.4, -0.2) is 63.1 Å². The van der Waals surface area contributed by atoms with E-state index in [-0.39, 0.29) is 5.91 Å². The van der Waals surface area contributed by atoms with Crippen LogP contribution >= 0.6 is 0 Å². The van der Waals surface area contributed by atoms with Gasteiger partial charge in [0.25, 0.3) is 0 Å². The van der Waals surface area contributed by atoms with Gasteiger partial charge in [-0.05, 0) is 50.9 Å². The number of guanidine groups is 1. The molecule has 0 saturated heterocycles. The van der Waals surface area contributed by atoms with Crippen molar-refractivity contribution < 1.29 is 9.53 Å². The summed E-state index contributed by atoms with van der Waals surface area (Å²) in [6.07, 6.45) is 6.59. The van der Waals surface area contributed by atoms with Crippen molar-refractivity contribution in [2.24, 2.45) is 4.99 Å². The molecule has 0 radical (unpaired) electrons. The van der Waals surface area contributed by atoms with E-state index in [2.05, 4.69) is 48.9 Å². The van der Waals surface area contributed by atoms with Crippen LogP contribution in [0.4, 0.5) is 17.1 Å². The number of hydrogen-bond donors (Lipinski definition) is 3. The van der Waals surface area contributed by atoms with Crippen molar-refractivity contribution in [2.45, 2.75) is 6.92 Å². The van der Waals surface area contributed by atoms with Crippen LogP contribution in [-0.2, 0) is 4.79 Å². The Morgan fingerprint density at radius 1 is 1.20 bits per heavy atom. The number of ether oxygens (including phenoxy) is 1. The molecule has 0 bridgehead atoms. The van der Waals surface area contributed by atoms with Gasteiger partial charge in [-0.25, -0.2) is 4.99 Å². The zero-order valence-corrected chi connectivity index (χ0v) is 21.0. The van der Waals surface area contributed by atoms with Crippen LogP contribution in [0.3, 0.4) is 0 Å². The van der Waals surface area contributed by atoms with Crippen LogP contribution in [0.2, 0.25) is 0 Å². The van der Waals surface area contributed by atoms with Crippen molar-refractivity contribution in [3.05, 3.63) is 65.5 Å². The number of rotatable bonds is 8. The molecule has 3 N–H and O–H groups in total. The van der Waals surface area contributed by atoms with Gasteiger partial charge in [0.05, 0.1) is 35.2 Å². The first-order chi connectivity index (χ1) is 16.7. The molecule has 9 heteroatoms. The molecular weight excluding hydrogens is 442 g/mol. The molecule has 2 aromatic rings. The van der Waals surface area contributed by atoms with Crippen LogP contribution in [0.15, 0.2) is 54.3 Å². The summed E-state index contributed by atoms with van der Waals surface area (Å²) in [5, 5.41) is 11.1. The summed E-state index contributed by atoms with van der Waals surface area (Å²) in [5.74, 6) is 0.812. The Labute approximate surface area is 206 Å². The molecular formula is C26H33N7O2. The number of aliphatic imine (C=N–C) groups is 1. The van der Waals surface area contributed by atoms with E-state index in [4.69, 9.17) is 4.74 Å². The molecule has 0 saturated carbocycles. The SMILES string of the molecule is C=CC(=O)Nc1cc(NC2=NC=CC(=c3cnc(=C)c(C)c3)N2)c(OC)cc1N(C)CCN(C)C. The first-order valence-electron chi connectivity index (χ1n) is 11.2. The van der Waals surface area contributed by atoms with Gasteiger partial charge in [-0.2, -0.15) is 0 Å². The third kappa shape index (κ3) is 6.48. The predicted octanol–water partition coefficient (Wildman–Crippen LogP) is 1.62. The molecule has 1 amide bonds. The highest BCUT2D eigenvalue weighted by Crippen LogP contribution is 2.37. The molecule has 0 atom stereocenters. The van der Waals surface area contributed by atoms with Crippen LogP contribution in [0.25, 0.3) is 12.3 Å². The van der Waals surface area contributed by atoms with Gasteiger partial charge in [0.2, 0.25) is 11.9 Å². The summed E-state index contributed by atoms with van der Waals surface area (Å²) in [6.45, 7) is 11.1. The number of anilines is 3. The van der Waals surface area contributed by atoms with Gasteiger partial charge in [-0.3, -0.25) is 9.78 Å². The molecule has 1 aromatic heterocycles. The van der Waals surface area contributed by atoms with E-state index in [9.17, 15) is 4.79 Å². The van der Waals surface area contributed by atoms with Gasteiger partial charge in [0.15, 0.2) is 0 Å². The van der Waals surface area contributed by atoms with Crippen molar-refractivity contribution in [2.75, 3.05) is 56.9 Å². The molecule has 1 aromatic carbocycles. The molecule has 0 fully saturated rings. The number of methoxy groups -OCH3 is 1. The molecule has 0 aliphatic carbocycles. The predicted molar refractivity (Wildman–Crippen MR) is 144 cm³/mol. The van der Waals surface area contributed by atoms with Crippen LogP contribution in [0, 0.1) is 6.92 Å². The number of hydrogen-bond acceptors (Lipinski definition) is 8. The standard InChI is InChI=1S/C26H33N7O2/c1-8-25(34)29-21-14-22(24(35-7)15-23(21)33(6)12-11-32(4)5)31-26-27-10-9-20(30-26)19-13-17(2)18(3)28-16-19/h8-10,13-16H,1,3,11-12H2,2,4-7H3,(H,29,34)(H2,27,30,31). The Balaban J connectivity index is 1.95. The van der Waals surface area contributed by atoms with Crippen molar-refractivity contribution in [3.8, 4) is 5.75 Å². The molecule has 0 unspecified atom stereocenters. The fourth-order valence-electron chi connectivity index (χ4n) is 3.40. The number of carbonyl (C=O) groups is 1. The Morgan fingerprint density at radius 2 is 1.97 bits per heavy atom. The summed E-state index contributed by atoms with van der Waals surface area (Å²) in [7, 11) is 7.62. The lowest BCUT2D eigenvalue weighted by molar-refractivity contribution is -0.111. The van der Waals surface area contributed by atoms with Gasteiger partial charge in [0.1, 0.15) is 5.75 Å². The topological polar surface area (TPSA) is 94.1 Å². The number of benzene rings is 1. The van der Waals surface area contributed by atoms with Gasteiger partial charge in [0, 0.05) is 43.8 Å². The zero-order chi connectivity index (χ0) is 25.5. The molecule has 3 rings (SSSR count). The number of aryl methyl sites for hydroxylation is 1. The molecule has 1 aliphatic rings. The van der Waals surface area contributed by atoms with Crippen molar-refractivity contribution >= 4 is 41.2 Å². The van der Waals surface area contributed by atoms with E-state index >= 15 is 0 Å². The molecule has 184 valence electrons. The van der Waals surface area contributed by atoms with Gasteiger partial charge >= 0.3 is 0 Å². The summed E-state index contributed by atoms with van der Waals surface area (Å²) in [6, 6.07) is 5.74. The van der Waals surface area contributed by atoms with Gasteiger partial charge in [-0.1, -0.05) is 13.2 Å². The second kappa shape index (κ2) is 11.3. The van der Waals surface area contributed by atoms with E-state index in [1.807, 2.05) is 52.3 Å². The van der Waals surface area contributed by atoms with Gasteiger partial charge in [-0.15, -0.1) is 0 Å². The van der Waals surface area contributed by atoms with E-state index in [1.54, 1.807) is 19.5 Å². The molecule has 2 heterocycles. The number of pyridine rings is 1. The van der Waals surface area contributed by atoms with Gasteiger partial charge < -0.3 is 30.5 Å². The Hall–Kier alpha value is -4.11. The smallest absolute Gasteiger partial charge is 0.247 e. The molecule has 0 spiro atoms. The third-order valence-corrected chi connectivity index (χ3v) is 5.50. The summed E-state index contributed by atoms with van der Waals surface area (Å²) < 4.78 is 5.67. The number of nitrogens with one attached hydrogen (secondary N) is 3. The molecule has 1 aliphatic heterocycles. The normalized spacial score (nSPS) is 14.2. The minimum atomic E-state index is -0.299. The minimum absolute atomic E-state index is 0.299. The first-order valence-corrected chi connectivity index (χ1v) is 11.2.